The Morgan fingerprint density at radius 2 is 1.78 bits per heavy atom. The second kappa shape index (κ2) is 9.76. The first kappa shape index (κ1) is 17.9. The molecule has 1 atom stereocenters. The van der Waals surface area contributed by atoms with E-state index in [0.29, 0.717) is 0 Å². The molecule has 0 fully saturated rings. The molecule has 0 rings (SSSR count). The quantitative estimate of drug-likeness (QED) is 0.598. The SMILES string of the molecule is CCCNC(C)(CO)CN(CC)CC(CC)CC. The normalized spacial score (nSPS) is 15.3. The van der Waals surface area contributed by atoms with Crippen LogP contribution >= 0.6 is 0 Å². The van der Waals surface area contributed by atoms with E-state index in [1.54, 1.807) is 0 Å². The zero-order chi connectivity index (χ0) is 14.0. The lowest BCUT2D eigenvalue weighted by Crippen LogP contribution is -2.54. The van der Waals surface area contributed by atoms with E-state index in [9.17, 15) is 5.11 Å². The van der Waals surface area contributed by atoms with E-state index in [1.807, 2.05) is 0 Å². The number of aliphatic hydroxyl groups is 1. The second-order valence-electron chi connectivity index (χ2n) is 5.66. The number of hydrogen-bond donors (Lipinski definition) is 2. The number of nitrogens with one attached hydrogen (secondary N) is 1. The summed E-state index contributed by atoms with van der Waals surface area (Å²) < 4.78 is 0. The minimum absolute atomic E-state index is 0.169. The van der Waals surface area contributed by atoms with Crippen molar-refractivity contribution in [3.8, 4) is 0 Å². The largest absolute Gasteiger partial charge is 0.394 e. The van der Waals surface area contributed by atoms with E-state index < -0.39 is 0 Å². The molecule has 0 aliphatic rings. The van der Waals surface area contributed by atoms with Gasteiger partial charge in [-0.3, -0.25) is 0 Å². The lowest BCUT2D eigenvalue weighted by molar-refractivity contribution is 0.112. The smallest absolute Gasteiger partial charge is 0.0623 e. The summed E-state index contributed by atoms with van der Waals surface area (Å²) in [6.45, 7) is 15.3. The van der Waals surface area contributed by atoms with Gasteiger partial charge < -0.3 is 15.3 Å². The minimum Gasteiger partial charge on any atom is -0.394 e. The molecule has 3 nitrogen and oxygen atoms in total. The molecule has 0 saturated carbocycles. The van der Waals surface area contributed by atoms with Gasteiger partial charge in [0.2, 0.25) is 0 Å². The molecule has 0 aliphatic carbocycles. The van der Waals surface area contributed by atoms with Crippen LogP contribution in [0.4, 0.5) is 0 Å². The summed E-state index contributed by atoms with van der Waals surface area (Å²) in [5.74, 6) is 0.777. The molecule has 2 N–H and O–H groups in total. The van der Waals surface area contributed by atoms with E-state index in [2.05, 4.69) is 44.8 Å². The predicted molar refractivity (Wildman–Crippen MR) is 80.0 cm³/mol. The Labute approximate surface area is 114 Å². The Hall–Kier alpha value is -0.120. The third-order valence-electron chi connectivity index (χ3n) is 3.84. The molecule has 18 heavy (non-hydrogen) atoms. The molecule has 3 heteroatoms. The van der Waals surface area contributed by atoms with Crippen molar-refractivity contribution in [3.63, 3.8) is 0 Å². The van der Waals surface area contributed by atoms with Crippen molar-refractivity contribution >= 4 is 0 Å². The van der Waals surface area contributed by atoms with E-state index in [1.165, 1.54) is 12.8 Å². The van der Waals surface area contributed by atoms with Crippen LogP contribution in [0.25, 0.3) is 0 Å². The van der Waals surface area contributed by atoms with Crippen molar-refractivity contribution in [2.45, 2.75) is 59.4 Å². The van der Waals surface area contributed by atoms with Crippen LogP contribution in [0, 0.1) is 5.92 Å². The molecule has 0 bridgehead atoms. The molecule has 0 aliphatic heterocycles. The average molecular weight is 258 g/mol. The lowest BCUT2D eigenvalue weighted by Gasteiger charge is -2.36. The summed E-state index contributed by atoms with van der Waals surface area (Å²) in [6.07, 6.45) is 3.59. The van der Waals surface area contributed by atoms with Crippen LogP contribution in [0.5, 0.6) is 0 Å². The Morgan fingerprint density at radius 3 is 2.17 bits per heavy atom. The molecule has 0 amide bonds. The van der Waals surface area contributed by atoms with Gasteiger partial charge in [-0.15, -0.1) is 0 Å². The summed E-state index contributed by atoms with van der Waals surface area (Å²) in [5, 5.41) is 13.1. The van der Waals surface area contributed by atoms with Gasteiger partial charge in [0.25, 0.3) is 0 Å². The first-order chi connectivity index (χ1) is 8.55. The Bertz CT molecular complexity index is 195. The number of nitrogens with zero attached hydrogens (tertiary/aromatic N) is 1. The topological polar surface area (TPSA) is 35.5 Å². The van der Waals surface area contributed by atoms with Crippen molar-refractivity contribution in [2.24, 2.45) is 5.92 Å². The summed E-state index contributed by atoms with van der Waals surface area (Å²) in [5.41, 5.74) is -0.169. The molecular weight excluding hydrogens is 224 g/mol. The van der Waals surface area contributed by atoms with Gasteiger partial charge in [-0.1, -0.05) is 40.5 Å². The van der Waals surface area contributed by atoms with Crippen LogP contribution in [-0.2, 0) is 0 Å². The van der Waals surface area contributed by atoms with Crippen molar-refractivity contribution in [3.05, 3.63) is 0 Å². The zero-order valence-corrected chi connectivity index (χ0v) is 13.1. The summed E-state index contributed by atoms with van der Waals surface area (Å²) in [4.78, 5) is 2.47. The minimum atomic E-state index is -0.169. The second-order valence-corrected chi connectivity index (χ2v) is 5.66. The third kappa shape index (κ3) is 6.72. The van der Waals surface area contributed by atoms with Gasteiger partial charge in [0, 0.05) is 13.1 Å². The monoisotopic (exact) mass is 258 g/mol. The number of likely N-dealkylation sites (N-methyl/N-ethyl adjacent to an activating group) is 1. The van der Waals surface area contributed by atoms with Crippen LogP contribution < -0.4 is 5.32 Å². The maximum atomic E-state index is 9.62. The Morgan fingerprint density at radius 1 is 1.17 bits per heavy atom. The molecule has 0 saturated heterocycles. The maximum Gasteiger partial charge on any atom is 0.0623 e. The Kier molecular flexibility index (Phi) is 9.70. The van der Waals surface area contributed by atoms with E-state index >= 15 is 0 Å². The highest BCUT2D eigenvalue weighted by molar-refractivity contribution is 4.86. The third-order valence-corrected chi connectivity index (χ3v) is 3.84. The van der Waals surface area contributed by atoms with Gasteiger partial charge in [-0.25, -0.2) is 0 Å². The van der Waals surface area contributed by atoms with Crippen molar-refractivity contribution in [2.75, 3.05) is 32.8 Å². The molecule has 0 aromatic carbocycles. The van der Waals surface area contributed by atoms with E-state index in [4.69, 9.17) is 0 Å². The van der Waals surface area contributed by atoms with Crippen LogP contribution in [0.2, 0.25) is 0 Å². The first-order valence-electron chi connectivity index (χ1n) is 7.63. The molecule has 0 spiro atoms. The summed E-state index contributed by atoms with van der Waals surface area (Å²) in [6, 6.07) is 0. The van der Waals surface area contributed by atoms with Gasteiger partial charge in [-0.05, 0) is 32.4 Å². The highest BCUT2D eigenvalue weighted by atomic mass is 16.3. The standard InChI is InChI=1S/C15H34N2O/c1-6-10-16-15(5,13-18)12-17(9-4)11-14(7-2)8-3/h14,16,18H,6-13H2,1-5H3. The fourth-order valence-electron chi connectivity index (χ4n) is 2.30. The molecule has 0 radical (unpaired) electrons. The van der Waals surface area contributed by atoms with Gasteiger partial charge in [0.05, 0.1) is 12.1 Å². The molecule has 110 valence electrons. The van der Waals surface area contributed by atoms with Gasteiger partial charge in [-0.2, -0.15) is 0 Å². The maximum absolute atomic E-state index is 9.62. The zero-order valence-electron chi connectivity index (χ0n) is 13.1. The number of hydrogen-bond acceptors (Lipinski definition) is 3. The van der Waals surface area contributed by atoms with Crippen LogP contribution in [0.3, 0.4) is 0 Å². The molecular formula is C15H34N2O. The van der Waals surface area contributed by atoms with Gasteiger partial charge >= 0.3 is 0 Å². The van der Waals surface area contributed by atoms with E-state index in [-0.39, 0.29) is 12.1 Å². The number of aliphatic hydroxyl groups excluding tert-OH is 1. The van der Waals surface area contributed by atoms with Crippen LogP contribution in [0.15, 0.2) is 0 Å². The van der Waals surface area contributed by atoms with Crippen LogP contribution in [0.1, 0.15) is 53.9 Å². The van der Waals surface area contributed by atoms with Crippen molar-refractivity contribution in [1.29, 1.82) is 0 Å². The van der Waals surface area contributed by atoms with Crippen molar-refractivity contribution in [1.82, 2.24) is 10.2 Å². The first-order valence-corrected chi connectivity index (χ1v) is 7.63. The Balaban J connectivity index is 4.37. The fourth-order valence-corrected chi connectivity index (χ4v) is 2.30. The summed E-state index contributed by atoms with van der Waals surface area (Å²) in [7, 11) is 0. The van der Waals surface area contributed by atoms with E-state index in [0.717, 1.165) is 38.5 Å². The van der Waals surface area contributed by atoms with Gasteiger partial charge in [0.15, 0.2) is 0 Å². The molecule has 0 aromatic rings. The fraction of sp³-hybridized carbons (Fsp3) is 1.00. The average Bonchev–Trinajstić information content (AvgIpc) is 2.41. The summed E-state index contributed by atoms with van der Waals surface area (Å²) >= 11 is 0. The van der Waals surface area contributed by atoms with Gasteiger partial charge in [0.1, 0.15) is 0 Å². The number of rotatable bonds is 11. The molecule has 1 unspecified atom stereocenters. The predicted octanol–water partition coefficient (Wildman–Crippen LogP) is 2.50. The molecule has 0 heterocycles. The lowest BCUT2D eigenvalue weighted by atomic mass is 9.99. The van der Waals surface area contributed by atoms with Crippen molar-refractivity contribution < 1.29 is 5.11 Å². The highest BCUT2D eigenvalue weighted by Crippen LogP contribution is 2.13. The molecule has 0 aromatic heterocycles. The van der Waals surface area contributed by atoms with Crippen LogP contribution in [-0.4, -0.2) is 48.3 Å². The highest BCUT2D eigenvalue weighted by Gasteiger charge is 2.25.